The van der Waals surface area contributed by atoms with Crippen LogP contribution in [0.15, 0.2) is 176 Å². The first-order chi connectivity index (χ1) is 26.5. The van der Waals surface area contributed by atoms with Gasteiger partial charge in [0.2, 0.25) is 0 Å². The molecule has 0 unspecified atom stereocenters. The molecule has 1 heterocycles. The summed E-state index contributed by atoms with van der Waals surface area (Å²) in [7, 11) is 0. The highest BCUT2D eigenvalue weighted by Gasteiger charge is 2.51. The predicted molar refractivity (Wildman–Crippen MR) is 228 cm³/mol. The minimum Gasteiger partial charge on any atom is -0.310 e. The lowest BCUT2D eigenvalue weighted by Gasteiger charge is -2.34. The summed E-state index contributed by atoms with van der Waals surface area (Å²) in [6, 6.07) is 66.4. The van der Waals surface area contributed by atoms with Gasteiger partial charge >= 0.3 is 0 Å². The molecule has 0 radical (unpaired) electrons. The molecule has 1 aromatic heterocycles. The van der Waals surface area contributed by atoms with Crippen molar-refractivity contribution in [1.82, 2.24) is 0 Å². The first-order valence-electron chi connectivity index (χ1n) is 18.9. The van der Waals surface area contributed by atoms with E-state index in [2.05, 4.69) is 195 Å². The molecule has 54 heavy (non-hydrogen) atoms. The van der Waals surface area contributed by atoms with Crippen LogP contribution in [0.3, 0.4) is 0 Å². The average molecular weight is 706 g/mol. The molecule has 3 aliphatic carbocycles. The van der Waals surface area contributed by atoms with Crippen molar-refractivity contribution in [2.75, 3.05) is 4.90 Å². The third-order valence-corrected chi connectivity index (χ3v) is 13.8. The van der Waals surface area contributed by atoms with Gasteiger partial charge in [0.05, 0.1) is 11.1 Å². The number of nitrogens with zero attached hydrogens (tertiary/aromatic N) is 1. The number of fused-ring (bicyclic) bond motifs is 16. The predicted octanol–water partition coefficient (Wildman–Crippen LogP) is 14.2. The normalized spacial score (nSPS) is 14.8. The van der Waals surface area contributed by atoms with E-state index >= 15 is 0 Å². The Morgan fingerprint density at radius 3 is 1.57 bits per heavy atom. The van der Waals surface area contributed by atoms with Crippen molar-refractivity contribution in [3.63, 3.8) is 0 Å². The van der Waals surface area contributed by atoms with Crippen LogP contribution >= 0.6 is 11.3 Å². The van der Waals surface area contributed by atoms with Crippen LogP contribution in [-0.2, 0) is 10.8 Å². The lowest BCUT2D eigenvalue weighted by atomic mass is 9.70. The number of benzene rings is 8. The maximum atomic E-state index is 2.56. The van der Waals surface area contributed by atoms with Gasteiger partial charge in [-0.15, -0.1) is 11.3 Å². The lowest BCUT2D eigenvalue weighted by molar-refractivity contribution is 0.661. The Morgan fingerprint density at radius 2 is 0.889 bits per heavy atom. The monoisotopic (exact) mass is 705 g/mol. The number of hydrogen-bond donors (Lipinski definition) is 0. The quantitative estimate of drug-likeness (QED) is 0.177. The van der Waals surface area contributed by atoms with Gasteiger partial charge in [0.25, 0.3) is 0 Å². The Kier molecular flexibility index (Phi) is 5.99. The molecule has 0 N–H and O–H groups in total. The average Bonchev–Trinajstić information content (AvgIpc) is 3.90. The third kappa shape index (κ3) is 3.73. The second kappa shape index (κ2) is 10.7. The summed E-state index contributed by atoms with van der Waals surface area (Å²) in [4.78, 5) is 2.56. The minimum absolute atomic E-state index is 0.181. The van der Waals surface area contributed by atoms with Crippen LogP contribution in [0.2, 0.25) is 0 Å². The second-order valence-electron chi connectivity index (χ2n) is 15.6. The Labute approximate surface area is 319 Å². The number of thiophene rings is 1. The smallest absolute Gasteiger partial charge is 0.0726 e. The van der Waals surface area contributed by atoms with Gasteiger partial charge in [-0.2, -0.15) is 0 Å². The van der Waals surface area contributed by atoms with Crippen molar-refractivity contribution in [3.8, 4) is 33.4 Å². The van der Waals surface area contributed by atoms with Crippen LogP contribution in [0.1, 0.15) is 47.2 Å². The highest BCUT2D eigenvalue weighted by Crippen LogP contribution is 2.64. The van der Waals surface area contributed by atoms with Gasteiger partial charge in [-0.25, -0.2) is 0 Å². The van der Waals surface area contributed by atoms with E-state index in [1.165, 1.54) is 104 Å². The molecule has 1 spiro atoms. The fourth-order valence-electron chi connectivity index (χ4n) is 10.5. The summed E-state index contributed by atoms with van der Waals surface area (Å²) in [5.74, 6) is 0. The van der Waals surface area contributed by atoms with Crippen molar-refractivity contribution < 1.29 is 0 Å². The molecular formula is C52H35NS. The summed E-state index contributed by atoms with van der Waals surface area (Å²) in [5.41, 5.74) is 19.1. The van der Waals surface area contributed by atoms with Crippen molar-refractivity contribution in [2.24, 2.45) is 0 Å². The maximum absolute atomic E-state index is 2.56. The molecule has 0 fully saturated rings. The second-order valence-corrected chi connectivity index (χ2v) is 16.7. The van der Waals surface area contributed by atoms with E-state index in [-0.39, 0.29) is 5.41 Å². The molecule has 0 atom stereocenters. The van der Waals surface area contributed by atoms with E-state index in [9.17, 15) is 0 Å². The highest BCUT2D eigenvalue weighted by atomic mass is 32.1. The van der Waals surface area contributed by atoms with Crippen molar-refractivity contribution in [3.05, 3.63) is 209 Å². The molecule has 0 amide bonds. The van der Waals surface area contributed by atoms with Crippen LogP contribution in [0, 0.1) is 0 Å². The largest absolute Gasteiger partial charge is 0.310 e. The maximum Gasteiger partial charge on any atom is 0.0726 e. The fourth-order valence-corrected chi connectivity index (χ4v) is 11.6. The third-order valence-electron chi connectivity index (χ3n) is 12.7. The standard InChI is InChI=1S/C52H35NS/c1-51(2)42-20-8-3-17-37(42)41-19-13-24-47(50(41)51)53(33-27-29-40-39-18-7-12-25-48(39)54-49(40)31-33)32-26-28-38-36-16-6-11-23-45(36)52(46(38)30-32)43-21-9-4-14-34(43)35-15-5-10-22-44(35)52/h3-31H,1-2H3. The summed E-state index contributed by atoms with van der Waals surface area (Å²) in [6.07, 6.45) is 0. The van der Waals surface area contributed by atoms with Gasteiger partial charge in [0.1, 0.15) is 0 Å². The van der Waals surface area contributed by atoms with Crippen molar-refractivity contribution >= 4 is 48.6 Å². The van der Waals surface area contributed by atoms with E-state index in [1.54, 1.807) is 0 Å². The zero-order chi connectivity index (χ0) is 35.8. The number of anilines is 3. The van der Waals surface area contributed by atoms with Crippen LogP contribution in [-0.4, -0.2) is 0 Å². The molecule has 8 aromatic carbocycles. The molecular weight excluding hydrogens is 671 g/mol. The summed E-state index contributed by atoms with van der Waals surface area (Å²) >= 11 is 1.88. The van der Waals surface area contributed by atoms with Gasteiger partial charge in [0.15, 0.2) is 0 Å². The van der Waals surface area contributed by atoms with Gasteiger partial charge in [0, 0.05) is 37.0 Å². The van der Waals surface area contributed by atoms with E-state index in [0.717, 1.165) is 0 Å². The molecule has 0 bridgehead atoms. The zero-order valence-electron chi connectivity index (χ0n) is 30.1. The topological polar surface area (TPSA) is 3.24 Å². The summed E-state index contributed by atoms with van der Waals surface area (Å²) in [5, 5.41) is 2.64. The Balaban J connectivity index is 1.16. The minimum atomic E-state index is -0.412. The molecule has 0 saturated carbocycles. The molecule has 1 nitrogen and oxygen atoms in total. The van der Waals surface area contributed by atoms with E-state index < -0.39 is 5.41 Å². The first kappa shape index (κ1) is 30.3. The Hall–Kier alpha value is -6.22. The fraction of sp³-hybridized carbons (Fsp3) is 0.0769. The molecule has 2 heteroatoms. The van der Waals surface area contributed by atoms with E-state index in [1.807, 2.05) is 11.3 Å². The van der Waals surface area contributed by atoms with Crippen LogP contribution in [0.5, 0.6) is 0 Å². The molecule has 0 aliphatic heterocycles. The summed E-state index contributed by atoms with van der Waals surface area (Å²) in [6.45, 7) is 4.80. The molecule has 254 valence electrons. The van der Waals surface area contributed by atoms with Crippen LogP contribution in [0.4, 0.5) is 17.1 Å². The number of rotatable bonds is 3. The molecule has 0 saturated heterocycles. The molecule has 12 rings (SSSR count). The molecule has 9 aromatic rings. The van der Waals surface area contributed by atoms with Crippen molar-refractivity contribution in [2.45, 2.75) is 24.7 Å². The van der Waals surface area contributed by atoms with Crippen molar-refractivity contribution in [1.29, 1.82) is 0 Å². The molecule has 3 aliphatic rings. The lowest BCUT2D eigenvalue weighted by Crippen LogP contribution is -2.26. The van der Waals surface area contributed by atoms with E-state index in [0.29, 0.717) is 0 Å². The Bertz CT molecular complexity index is 2990. The van der Waals surface area contributed by atoms with E-state index in [4.69, 9.17) is 0 Å². The van der Waals surface area contributed by atoms with Crippen LogP contribution < -0.4 is 4.90 Å². The summed E-state index contributed by atoms with van der Waals surface area (Å²) < 4.78 is 2.63. The van der Waals surface area contributed by atoms with Gasteiger partial charge < -0.3 is 4.90 Å². The van der Waals surface area contributed by atoms with Crippen LogP contribution in [0.25, 0.3) is 53.6 Å². The number of hydrogen-bond acceptors (Lipinski definition) is 2. The Morgan fingerprint density at radius 1 is 0.389 bits per heavy atom. The SMILES string of the molecule is CC1(C)c2ccccc2-c2cccc(N(c3ccc4c(c3)C3(c5ccccc5-c5ccccc53)c3ccccc3-4)c3ccc4c(c3)sc3ccccc34)c21. The highest BCUT2D eigenvalue weighted by molar-refractivity contribution is 7.25. The van der Waals surface area contributed by atoms with Gasteiger partial charge in [-0.05, 0) is 103 Å². The van der Waals surface area contributed by atoms with Gasteiger partial charge in [-0.1, -0.05) is 153 Å². The van der Waals surface area contributed by atoms with Gasteiger partial charge in [-0.3, -0.25) is 0 Å². The first-order valence-corrected chi connectivity index (χ1v) is 19.8. The zero-order valence-corrected chi connectivity index (χ0v) is 30.9.